The molecule has 0 spiro atoms. The molecule has 0 bridgehead atoms. The number of hydrogen-bond acceptors (Lipinski definition) is 2. The Hall–Kier alpha value is -1.31. The van der Waals surface area contributed by atoms with Crippen molar-refractivity contribution in [2.24, 2.45) is 0 Å². The quantitative estimate of drug-likeness (QED) is 0.724. The highest BCUT2D eigenvalue weighted by atomic mass is 16.1. The summed E-state index contributed by atoms with van der Waals surface area (Å²) in [4.78, 5) is 13.5. The summed E-state index contributed by atoms with van der Waals surface area (Å²) in [6.07, 6.45) is 4.58. The Bertz CT molecular complexity index is 375. The van der Waals surface area contributed by atoms with E-state index in [0.717, 1.165) is 24.0 Å². The number of carbonyl (C=O) groups excluding carboxylic acids is 1. The highest BCUT2D eigenvalue weighted by Crippen LogP contribution is 2.33. The second kappa shape index (κ2) is 4.69. The summed E-state index contributed by atoms with van der Waals surface area (Å²) in [6.45, 7) is 4.47. The van der Waals surface area contributed by atoms with E-state index in [2.05, 4.69) is 24.8 Å². The van der Waals surface area contributed by atoms with Crippen LogP contribution in [0.5, 0.6) is 0 Å². The van der Waals surface area contributed by atoms with Gasteiger partial charge in [0.15, 0.2) is 6.29 Å². The van der Waals surface area contributed by atoms with Crippen LogP contribution in [0.25, 0.3) is 0 Å². The molecule has 2 unspecified atom stereocenters. The topological polar surface area (TPSA) is 20.3 Å². The first-order valence-electron chi connectivity index (χ1n) is 6.10. The first kappa shape index (κ1) is 11.2. The van der Waals surface area contributed by atoms with Gasteiger partial charge >= 0.3 is 0 Å². The number of hydrogen-bond donors (Lipinski definition) is 0. The van der Waals surface area contributed by atoms with Crippen molar-refractivity contribution in [2.75, 3.05) is 4.90 Å². The molecule has 2 atom stereocenters. The normalized spacial score (nSPS) is 24.8. The minimum atomic E-state index is 0.547. The van der Waals surface area contributed by atoms with Gasteiger partial charge in [-0.15, -0.1) is 0 Å². The zero-order valence-electron chi connectivity index (χ0n) is 10.0. The summed E-state index contributed by atoms with van der Waals surface area (Å²) in [5.41, 5.74) is 1.92. The van der Waals surface area contributed by atoms with Crippen LogP contribution in [-0.2, 0) is 0 Å². The molecule has 1 fully saturated rings. The minimum absolute atomic E-state index is 0.547. The number of anilines is 1. The van der Waals surface area contributed by atoms with E-state index in [9.17, 15) is 4.79 Å². The number of benzene rings is 1. The van der Waals surface area contributed by atoms with Gasteiger partial charge in [-0.25, -0.2) is 0 Å². The molecule has 0 amide bonds. The van der Waals surface area contributed by atoms with Gasteiger partial charge < -0.3 is 4.90 Å². The fraction of sp³-hybridized carbons (Fsp3) is 0.500. The van der Waals surface area contributed by atoms with Gasteiger partial charge in [0.2, 0.25) is 0 Å². The molecule has 1 aromatic rings. The van der Waals surface area contributed by atoms with Crippen molar-refractivity contribution in [2.45, 2.75) is 45.2 Å². The van der Waals surface area contributed by atoms with Crippen molar-refractivity contribution in [3.8, 4) is 0 Å². The number of nitrogens with zero attached hydrogens (tertiary/aromatic N) is 1. The molecule has 1 saturated heterocycles. The summed E-state index contributed by atoms with van der Waals surface area (Å²) < 4.78 is 0. The molecule has 1 heterocycles. The van der Waals surface area contributed by atoms with Crippen LogP contribution in [0.1, 0.15) is 43.5 Å². The van der Waals surface area contributed by atoms with Gasteiger partial charge in [-0.05, 0) is 38.3 Å². The van der Waals surface area contributed by atoms with Crippen molar-refractivity contribution < 1.29 is 4.79 Å². The fourth-order valence-electron chi connectivity index (χ4n) is 2.73. The second-order valence-corrected chi connectivity index (χ2v) is 4.57. The van der Waals surface area contributed by atoms with Crippen molar-refractivity contribution >= 4 is 12.0 Å². The number of aldehydes is 1. The molecule has 1 aromatic carbocycles. The van der Waals surface area contributed by atoms with Crippen molar-refractivity contribution in [3.63, 3.8) is 0 Å². The second-order valence-electron chi connectivity index (χ2n) is 4.57. The van der Waals surface area contributed by atoms with Crippen LogP contribution in [0.15, 0.2) is 24.3 Å². The van der Waals surface area contributed by atoms with Crippen LogP contribution in [0.4, 0.5) is 5.69 Å². The standard InChI is InChI=1S/C14H19NO/c1-3-13-9-8-11(2)15(13)14-7-5-4-6-12(14)10-16/h4-7,10-11,13H,3,8-9H2,1-2H3. The van der Waals surface area contributed by atoms with Gasteiger partial charge in [0.05, 0.1) is 0 Å². The minimum Gasteiger partial charge on any atom is -0.365 e. The lowest BCUT2D eigenvalue weighted by Gasteiger charge is -2.31. The summed E-state index contributed by atoms with van der Waals surface area (Å²) in [5, 5.41) is 0. The Morgan fingerprint density at radius 2 is 2.12 bits per heavy atom. The first-order chi connectivity index (χ1) is 7.77. The molecule has 1 aliphatic rings. The maximum absolute atomic E-state index is 11.1. The SMILES string of the molecule is CCC1CCC(C)N1c1ccccc1C=O. The molecule has 2 rings (SSSR count). The van der Waals surface area contributed by atoms with E-state index in [-0.39, 0.29) is 0 Å². The van der Waals surface area contributed by atoms with Crippen LogP contribution in [0, 0.1) is 0 Å². The smallest absolute Gasteiger partial charge is 0.152 e. The van der Waals surface area contributed by atoms with Crippen LogP contribution in [-0.4, -0.2) is 18.4 Å². The average Bonchev–Trinajstić information content (AvgIpc) is 2.70. The molecule has 0 saturated carbocycles. The molecule has 1 aliphatic heterocycles. The molecular weight excluding hydrogens is 198 g/mol. The monoisotopic (exact) mass is 217 g/mol. The zero-order chi connectivity index (χ0) is 11.5. The lowest BCUT2D eigenvalue weighted by molar-refractivity contribution is 0.112. The number of para-hydroxylation sites is 1. The van der Waals surface area contributed by atoms with Crippen LogP contribution in [0.3, 0.4) is 0 Å². The van der Waals surface area contributed by atoms with E-state index in [0.29, 0.717) is 12.1 Å². The number of carbonyl (C=O) groups is 1. The van der Waals surface area contributed by atoms with Gasteiger partial charge in [-0.2, -0.15) is 0 Å². The summed E-state index contributed by atoms with van der Waals surface area (Å²) >= 11 is 0. The Labute approximate surface area is 97.3 Å². The first-order valence-corrected chi connectivity index (χ1v) is 6.10. The van der Waals surface area contributed by atoms with E-state index in [1.54, 1.807) is 0 Å². The summed E-state index contributed by atoms with van der Waals surface area (Å²) in [7, 11) is 0. The summed E-state index contributed by atoms with van der Waals surface area (Å²) in [6, 6.07) is 9.05. The predicted octanol–water partition coefficient (Wildman–Crippen LogP) is 3.27. The molecule has 2 heteroatoms. The highest BCUT2D eigenvalue weighted by Gasteiger charge is 2.30. The van der Waals surface area contributed by atoms with Gasteiger partial charge in [0.1, 0.15) is 0 Å². The predicted molar refractivity (Wildman–Crippen MR) is 67.1 cm³/mol. The maximum atomic E-state index is 11.1. The molecular formula is C14H19NO. The van der Waals surface area contributed by atoms with E-state index < -0.39 is 0 Å². The molecule has 2 nitrogen and oxygen atoms in total. The van der Waals surface area contributed by atoms with Gasteiger partial charge in [0.25, 0.3) is 0 Å². The van der Waals surface area contributed by atoms with E-state index in [1.807, 2.05) is 18.2 Å². The van der Waals surface area contributed by atoms with Crippen molar-refractivity contribution in [1.82, 2.24) is 0 Å². The molecule has 86 valence electrons. The highest BCUT2D eigenvalue weighted by molar-refractivity contribution is 5.84. The molecule has 0 aliphatic carbocycles. The maximum Gasteiger partial charge on any atom is 0.152 e. The third kappa shape index (κ3) is 1.84. The Morgan fingerprint density at radius 3 is 2.81 bits per heavy atom. The third-order valence-electron chi connectivity index (χ3n) is 3.60. The fourth-order valence-corrected chi connectivity index (χ4v) is 2.73. The summed E-state index contributed by atoms with van der Waals surface area (Å²) in [5.74, 6) is 0. The van der Waals surface area contributed by atoms with Gasteiger partial charge in [0, 0.05) is 23.3 Å². The van der Waals surface area contributed by atoms with Gasteiger partial charge in [-0.1, -0.05) is 19.1 Å². The third-order valence-corrected chi connectivity index (χ3v) is 3.60. The van der Waals surface area contributed by atoms with Crippen LogP contribution < -0.4 is 4.90 Å². The average molecular weight is 217 g/mol. The number of rotatable bonds is 3. The Balaban J connectivity index is 2.37. The largest absolute Gasteiger partial charge is 0.365 e. The van der Waals surface area contributed by atoms with E-state index in [4.69, 9.17) is 0 Å². The molecule has 16 heavy (non-hydrogen) atoms. The van der Waals surface area contributed by atoms with E-state index in [1.165, 1.54) is 12.8 Å². The van der Waals surface area contributed by atoms with Gasteiger partial charge in [-0.3, -0.25) is 4.79 Å². The molecule has 0 radical (unpaired) electrons. The zero-order valence-corrected chi connectivity index (χ0v) is 10.0. The molecule has 0 N–H and O–H groups in total. The molecule has 0 aromatic heterocycles. The lowest BCUT2D eigenvalue weighted by Crippen LogP contribution is -2.34. The Morgan fingerprint density at radius 1 is 1.38 bits per heavy atom. The lowest BCUT2D eigenvalue weighted by atomic mass is 10.1. The van der Waals surface area contributed by atoms with Crippen LogP contribution >= 0.6 is 0 Å². The van der Waals surface area contributed by atoms with Crippen molar-refractivity contribution in [3.05, 3.63) is 29.8 Å². The van der Waals surface area contributed by atoms with E-state index >= 15 is 0 Å². The van der Waals surface area contributed by atoms with Crippen molar-refractivity contribution in [1.29, 1.82) is 0 Å². The Kier molecular flexibility index (Phi) is 3.28. The van der Waals surface area contributed by atoms with Crippen LogP contribution in [0.2, 0.25) is 0 Å².